The third-order valence-electron chi connectivity index (χ3n) is 1.94. The van der Waals surface area contributed by atoms with Crippen LogP contribution in [0, 0.1) is 5.92 Å². The monoisotopic (exact) mass is 165 g/mol. The Morgan fingerprint density at radius 3 is 2.67 bits per heavy atom. The maximum atomic E-state index is 5.37. The van der Waals surface area contributed by atoms with Gasteiger partial charge in [-0.1, -0.05) is 44.7 Å². The highest BCUT2D eigenvalue weighted by atomic mass is 14.5. The van der Waals surface area contributed by atoms with Crippen LogP contribution in [-0.2, 0) is 0 Å². The Bertz CT molecular complexity index is 177. The molecule has 0 aliphatic rings. The van der Waals surface area contributed by atoms with E-state index in [2.05, 4.69) is 26.5 Å². The van der Waals surface area contributed by atoms with Crippen molar-refractivity contribution in [3.8, 4) is 0 Å². The molecular formula is C11H19N. The van der Waals surface area contributed by atoms with Gasteiger partial charge in [-0.15, -0.1) is 0 Å². The Hall–Kier alpha value is -0.820. The van der Waals surface area contributed by atoms with E-state index < -0.39 is 0 Å². The van der Waals surface area contributed by atoms with Crippen LogP contribution in [0.1, 0.15) is 20.3 Å². The third kappa shape index (κ3) is 4.14. The van der Waals surface area contributed by atoms with Crippen molar-refractivity contribution in [3.05, 3.63) is 36.5 Å². The summed E-state index contributed by atoms with van der Waals surface area (Å²) >= 11 is 0. The molecule has 2 N–H and O–H groups in total. The van der Waals surface area contributed by atoms with Gasteiger partial charge in [-0.3, -0.25) is 0 Å². The molecule has 1 heteroatoms. The molecule has 0 saturated carbocycles. The normalized spacial score (nSPS) is 15.1. The van der Waals surface area contributed by atoms with Gasteiger partial charge in [0.25, 0.3) is 0 Å². The highest BCUT2D eigenvalue weighted by molar-refractivity contribution is 5.25. The van der Waals surface area contributed by atoms with Gasteiger partial charge in [0.2, 0.25) is 0 Å². The van der Waals surface area contributed by atoms with Gasteiger partial charge in [0, 0.05) is 6.54 Å². The van der Waals surface area contributed by atoms with Gasteiger partial charge in [-0.25, -0.2) is 0 Å². The SMILES string of the molecule is C=C/C=C(\C=C/CN)C(C)CC. The number of allylic oxidation sites excluding steroid dienone is 4. The van der Waals surface area contributed by atoms with Crippen LogP contribution in [0.25, 0.3) is 0 Å². The van der Waals surface area contributed by atoms with Crippen LogP contribution in [0.5, 0.6) is 0 Å². The predicted octanol–water partition coefficient (Wildman–Crippen LogP) is 2.66. The van der Waals surface area contributed by atoms with Crippen molar-refractivity contribution in [1.29, 1.82) is 0 Å². The Labute approximate surface area is 75.7 Å². The Kier molecular flexibility index (Phi) is 6.39. The summed E-state index contributed by atoms with van der Waals surface area (Å²) in [5, 5.41) is 0. The fraction of sp³-hybridized carbons (Fsp3) is 0.455. The Morgan fingerprint density at radius 1 is 1.58 bits per heavy atom. The lowest BCUT2D eigenvalue weighted by molar-refractivity contribution is 0.670. The number of hydrogen-bond donors (Lipinski definition) is 1. The molecule has 12 heavy (non-hydrogen) atoms. The average Bonchev–Trinajstić information content (AvgIpc) is 2.11. The minimum Gasteiger partial charge on any atom is -0.327 e. The van der Waals surface area contributed by atoms with Crippen LogP contribution in [0.3, 0.4) is 0 Å². The number of hydrogen-bond acceptors (Lipinski definition) is 1. The molecule has 1 atom stereocenters. The molecule has 1 unspecified atom stereocenters. The first-order chi connectivity index (χ1) is 5.76. The molecule has 0 rings (SSSR count). The first-order valence-corrected chi connectivity index (χ1v) is 4.45. The standard InChI is InChI=1S/C11H19N/c1-4-7-11(8-6-9-12)10(3)5-2/h4,6-8,10H,1,5,9,12H2,2-3H3/b8-6-,11-7+. The summed E-state index contributed by atoms with van der Waals surface area (Å²) in [6.07, 6.45) is 9.06. The molecule has 0 radical (unpaired) electrons. The largest absolute Gasteiger partial charge is 0.327 e. The highest BCUT2D eigenvalue weighted by Crippen LogP contribution is 2.15. The lowest BCUT2D eigenvalue weighted by Gasteiger charge is -2.08. The highest BCUT2D eigenvalue weighted by Gasteiger charge is 2.00. The number of nitrogens with two attached hydrogens (primary N) is 1. The fourth-order valence-electron chi connectivity index (χ4n) is 0.960. The van der Waals surface area contributed by atoms with E-state index in [0.29, 0.717) is 12.5 Å². The molecule has 68 valence electrons. The van der Waals surface area contributed by atoms with E-state index in [1.807, 2.05) is 18.2 Å². The Morgan fingerprint density at radius 2 is 2.25 bits per heavy atom. The molecule has 0 amide bonds. The van der Waals surface area contributed by atoms with Crippen molar-refractivity contribution < 1.29 is 0 Å². The first kappa shape index (κ1) is 11.2. The predicted molar refractivity (Wildman–Crippen MR) is 55.9 cm³/mol. The summed E-state index contributed by atoms with van der Waals surface area (Å²) in [6.45, 7) is 8.67. The topological polar surface area (TPSA) is 26.0 Å². The summed E-state index contributed by atoms with van der Waals surface area (Å²) < 4.78 is 0. The maximum absolute atomic E-state index is 5.37. The molecule has 0 saturated heterocycles. The van der Waals surface area contributed by atoms with Crippen molar-refractivity contribution in [2.75, 3.05) is 6.54 Å². The second-order valence-corrected chi connectivity index (χ2v) is 2.85. The van der Waals surface area contributed by atoms with Gasteiger partial charge < -0.3 is 5.73 Å². The van der Waals surface area contributed by atoms with Crippen molar-refractivity contribution in [1.82, 2.24) is 0 Å². The second kappa shape index (κ2) is 6.86. The van der Waals surface area contributed by atoms with Crippen molar-refractivity contribution in [2.45, 2.75) is 20.3 Å². The first-order valence-electron chi connectivity index (χ1n) is 4.45. The average molecular weight is 165 g/mol. The summed E-state index contributed by atoms with van der Waals surface area (Å²) in [6, 6.07) is 0. The summed E-state index contributed by atoms with van der Waals surface area (Å²) in [4.78, 5) is 0. The fourth-order valence-corrected chi connectivity index (χ4v) is 0.960. The maximum Gasteiger partial charge on any atom is 0.0110 e. The summed E-state index contributed by atoms with van der Waals surface area (Å²) in [5.41, 5.74) is 6.68. The third-order valence-corrected chi connectivity index (χ3v) is 1.94. The van der Waals surface area contributed by atoms with Gasteiger partial charge in [-0.2, -0.15) is 0 Å². The van der Waals surface area contributed by atoms with Gasteiger partial charge in [-0.05, 0) is 17.9 Å². The van der Waals surface area contributed by atoms with Crippen molar-refractivity contribution >= 4 is 0 Å². The molecule has 0 bridgehead atoms. The molecule has 0 aromatic rings. The molecule has 0 aliphatic carbocycles. The van der Waals surface area contributed by atoms with Crippen LogP contribution < -0.4 is 5.73 Å². The quantitative estimate of drug-likeness (QED) is 0.623. The van der Waals surface area contributed by atoms with Crippen LogP contribution in [0.2, 0.25) is 0 Å². The van der Waals surface area contributed by atoms with E-state index in [0.717, 1.165) is 6.42 Å². The summed E-state index contributed by atoms with van der Waals surface area (Å²) in [7, 11) is 0. The van der Waals surface area contributed by atoms with Gasteiger partial charge in [0.05, 0.1) is 0 Å². The smallest absolute Gasteiger partial charge is 0.0110 e. The molecule has 0 heterocycles. The molecule has 0 spiro atoms. The van der Waals surface area contributed by atoms with Crippen LogP contribution in [0.4, 0.5) is 0 Å². The second-order valence-electron chi connectivity index (χ2n) is 2.85. The van der Waals surface area contributed by atoms with E-state index in [-0.39, 0.29) is 0 Å². The van der Waals surface area contributed by atoms with E-state index in [1.165, 1.54) is 5.57 Å². The van der Waals surface area contributed by atoms with Gasteiger partial charge in [0.15, 0.2) is 0 Å². The van der Waals surface area contributed by atoms with Crippen molar-refractivity contribution in [3.63, 3.8) is 0 Å². The zero-order valence-corrected chi connectivity index (χ0v) is 8.09. The minimum atomic E-state index is 0.589. The van der Waals surface area contributed by atoms with Crippen LogP contribution >= 0.6 is 0 Å². The van der Waals surface area contributed by atoms with E-state index >= 15 is 0 Å². The molecule has 0 aromatic carbocycles. The molecular weight excluding hydrogens is 146 g/mol. The molecule has 0 aliphatic heterocycles. The Balaban J connectivity index is 4.33. The van der Waals surface area contributed by atoms with E-state index in [1.54, 1.807) is 0 Å². The van der Waals surface area contributed by atoms with E-state index in [4.69, 9.17) is 5.73 Å². The molecule has 0 aromatic heterocycles. The summed E-state index contributed by atoms with van der Waals surface area (Å²) in [5.74, 6) is 0.589. The van der Waals surface area contributed by atoms with Gasteiger partial charge in [0.1, 0.15) is 0 Å². The van der Waals surface area contributed by atoms with Crippen LogP contribution in [0.15, 0.2) is 36.5 Å². The molecule has 1 nitrogen and oxygen atoms in total. The number of rotatable bonds is 5. The zero-order valence-electron chi connectivity index (χ0n) is 8.09. The zero-order chi connectivity index (χ0) is 9.40. The lowest BCUT2D eigenvalue weighted by atomic mass is 9.97. The lowest BCUT2D eigenvalue weighted by Crippen LogP contribution is -1.97. The van der Waals surface area contributed by atoms with Crippen molar-refractivity contribution in [2.24, 2.45) is 11.7 Å². The minimum absolute atomic E-state index is 0.589. The van der Waals surface area contributed by atoms with Crippen LogP contribution in [-0.4, -0.2) is 6.54 Å². The van der Waals surface area contributed by atoms with E-state index in [9.17, 15) is 0 Å². The van der Waals surface area contributed by atoms with Gasteiger partial charge >= 0.3 is 0 Å². The molecule has 0 fully saturated rings.